The number of benzene rings is 1. The van der Waals surface area contributed by atoms with Gasteiger partial charge in [0.2, 0.25) is 0 Å². The van der Waals surface area contributed by atoms with Crippen molar-refractivity contribution in [2.24, 2.45) is 11.1 Å². The lowest BCUT2D eigenvalue weighted by Crippen LogP contribution is -2.54. The minimum absolute atomic E-state index is 0.0431. The molecule has 0 radical (unpaired) electrons. The smallest absolute Gasteiger partial charge is 0.291 e. The van der Waals surface area contributed by atoms with E-state index in [1.807, 2.05) is 17.9 Å². The number of anilines is 1. The second kappa shape index (κ2) is 6.96. The Bertz CT molecular complexity index is 812. The Labute approximate surface area is 153 Å². The molecule has 0 spiro atoms. The summed E-state index contributed by atoms with van der Waals surface area (Å²) < 4.78 is 5.11. The van der Waals surface area contributed by atoms with Crippen molar-refractivity contribution in [3.8, 4) is 0 Å². The van der Waals surface area contributed by atoms with E-state index < -0.39 is 0 Å². The van der Waals surface area contributed by atoms with Crippen LogP contribution in [0, 0.1) is 12.3 Å². The first-order valence-electron chi connectivity index (χ1n) is 8.78. The number of piperidine rings is 1. The summed E-state index contributed by atoms with van der Waals surface area (Å²) in [4.78, 5) is 27.0. The molecule has 138 valence electrons. The van der Waals surface area contributed by atoms with Crippen LogP contribution >= 0.6 is 0 Å². The minimum Gasteiger partial charge on any atom is -0.459 e. The fraction of sp³-hybridized carbons (Fsp3) is 0.400. The van der Waals surface area contributed by atoms with E-state index in [1.54, 1.807) is 24.3 Å². The molecule has 1 atom stereocenters. The highest BCUT2D eigenvalue weighted by Gasteiger charge is 2.35. The first-order valence-corrected chi connectivity index (χ1v) is 8.78. The maximum absolute atomic E-state index is 12.9. The monoisotopic (exact) mass is 355 g/mol. The number of nitrogens with two attached hydrogens (primary N) is 1. The topological polar surface area (TPSA) is 88.6 Å². The van der Waals surface area contributed by atoms with Crippen LogP contribution in [0.3, 0.4) is 0 Å². The van der Waals surface area contributed by atoms with Crippen molar-refractivity contribution in [2.75, 3.05) is 18.4 Å². The van der Waals surface area contributed by atoms with Crippen molar-refractivity contribution in [1.29, 1.82) is 0 Å². The van der Waals surface area contributed by atoms with Crippen LogP contribution in [0.1, 0.15) is 46.7 Å². The van der Waals surface area contributed by atoms with Crippen molar-refractivity contribution >= 4 is 17.5 Å². The second-order valence-electron chi connectivity index (χ2n) is 7.57. The molecule has 0 bridgehead atoms. The van der Waals surface area contributed by atoms with Crippen LogP contribution in [0.25, 0.3) is 0 Å². The third-order valence-corrected chi connectivity index (χ3v) is 5.08. The van der Waals surface area contributed by atoms with Gasteiger partial charge in [0.15, 0.2) is 5.76 Å². The maximum Gasteiger partial charge on any atom is 0.291 e. The summed E-state index contributed by atoms with van der Waals surface area (Å²) in [7, 11) is 0. The van der Waals surface area contributed by atoms with Gasteiger partial charge in [-0.05, 0) is 48.6 Å². The van der Waals surface area contributed by atoms with E-state index >= 15 is 0 Å². The van der Waals surface area contributed by atoms with Crippen LogP contribution in [0.15, 0.2) is 41.0 Å². The predicted molar refractivity (Wildman–Crippen MR) is 100 cm³/mol. The number of carbonyl (C=O) groups excluding carboxylic acids is 2. The van der Waals surface area contributed by atoms with Gasteiger partial charge in [0, 0.05) is 30.4 Å². The zero-order valence-corrected chi connectivity index (χ0v) is 15.4. The summed E-state index contributed by atoms with van der Waals surface area (Å²) in [5, 5.41) is 2.81. The third-order valence-electron chi connectivity index (χ3n) is 5.08. The van der Waals surface area contributed by atoms with Crippen molar-refractivity contribution < 1.29 is 14.0 Å². The van der Waals surface area contributed by atoms with E-state index in [9.17, 15) is 9.59 Å². The Kier molecular flexibility index (Phi) is 4.87. The number of furan rings is 1. The largest absolute Gasteiger partial charge is 0.459 e. The molecule has 6 nitrogen and oxygen atoms in total. The molecule has 6 heteroatoms. The second-order valence-corrected chi connectivity index (χ2v) is 7.57. The molecule has 1 saturated heterocycles. The molecule has 2 aromatic rings. The summed E-state index contributed by atoms with van der Waals surface area (Å²) in [5.41, 5.74) is 8.08. The van der Waals surface area contributed by atoms with Crippen LogP contribution in [0.5, 0.6) is 0 Å². The maximum atomic E-state index is 12.9. The van der Waals surface area contributed by atoms with E-state index in [4.69, 9.17) is 10.2 Å². The van der Waals surface area contributed by atoms with E-state index in [0.717, 1.165) is 12.0 Å². The highest BCUT2D eigenvalue weighted by atomic mass is 16.3. The fourth-order valence-corrected chi connectivity index (χ4v) is 3.21. The molecule has 1 aliphatic rings. The molecule has 1 unspecified atom stereocenters. The van der Waals surface area contributed by atoms with Crippen LogP contribution in [-0.4, -0.2) is 35.8 Å². The Morgan fingerprint density at radius 2 is 2.08 bits per heavy atom. The molecule has 2 amide bonds. The van der Waals surface area contributed by atoms with E-state index in [0.29, 0.717) is 24.3 Å². The highest BCUT2D eigenvalue weighted by molar-refractivity contribution is 6.04. The summed E-state index contributed by atoms with van der Waals surface area (Å²) in [5.74, 6) is -0.154. The lowest BCUT2D eigenvalue weighted by atomic mass is 9.79. The van der Waals surface area contributed by atoms with E-state index in [2.05, 4.69) is 19.2 Å². The van der Waals surface area contributed by atoms with Crippen molar-refractivity contribution in [3.05, 3.63) is 53.5 Å². The van der Waals surface area contributed by atoms with E-state index in [-0.39, 0.29) is 29.0 Å². The van der Waals surface area contributed by atoms with E-state index in [1.165, 1.54) is 6.26 Å². The first kappa shape index (κ1) is 18.2. The number of carbonyl (C=O) groups is 2. The summed E-state index contributed by atoms with van der Waals surface area (Å²) in [6.07, 6.45) is 2.23. The van der Waals surface area contributed by atoms with Crippen molar-refractivity contribution in [2.45, 2.75) is 33.2 Å². The lowest BCUT2D eigenvalue weighted by Gasteiger charge is -2.42. The Morgan fingerprint density at radius 3 is 2.73 bits per heavy atom. The van der Waals surface area contributed by atoms with Gasteiger partial charge in [0.1, 0.15) is 0 Å². The normalized spacial score (nSPS) is 19.2. The quantitative estimate of drug-likeness (QED) is 0.886. The summed E-state index contributed by atoms with van der Waals surface area (Å²) in [6.45, 7) is 7.32. The highest BCUT2D eigenvalue weighted by Crippen LogP contribution is 2.29. The number of amides is 2. The van der Waals surface area contributed by atoms with Crippen molar-refractivity contribution in [3.63, 3.8) is 0 Å². The zero-order valence-electron chi connectivity index (χ0n) is 15.4. The van der Waals surface area contributed by atoms with Crippen LogP contribution in [0.4, 0.5) is 5.69 Å². The number of hydrogen-bond acceptors (Lipinski definition) is 4. The minimum atomic E-state index is -0.340. The van der Waals surface area contributed by atoms with Gasteiger partial charge < -0.3 is 20.4 Å². The van der Waals surface area contributed by atoms with Gasteiger partial charge in [-0.2, -0.15) is 0 Å². The molecule has 26 heavy (non-hydrogen) atoms. The average Bonchev–Trinajstić information content (AvgIpc) is 3.13. The molecule has 1 fully saturated rings. The van der Waals surface area contributed by atoms with Gasteiger partial charge in [-0.3, -0.25) is 9.59 Å². The fourth-order valence-electron chi connectivity index (χ4n) is 3.21. The molecule has 1 aromatic carbocycles. The SMILES string of the molecule is Cc1ccc(C(=O)N2CCC(N)C(C)(C)C2)cc1NC(=O)c1ccco1. The van der Waals surface area contributed by atoms with Crippen LogP contribution in [0.2, 0.25) is 0 Å². The van der Waals surface area contributed by atoms with Gasteiger partial charge in [-0.1, -0.05) is 19.9 Å². The predicted octanol–water partition coefficient (Wildman–Crippen LogP) is 3.04. The molecule has 3 N–H and O–H groups in total. The number of likely N-dealkylation sites (tertiary alicyclic amines) is 1. The molecule has 0 saturated carbocycles. The first-order chi connectivity index (χ1) is 12.3. The molecular weight excluding hydrogens is 330 g/mol. The number of rotatable bonds is 3. The number of aryl methyl sites for hydroxylation is 1. The molecule has 1 aromatic heterocycles. The lowest BCUT2D eigenvalue weighted by molar-refractivity contribution is 0.0533. The average molecular weight is 355 g/mol. The van der Waals surface area contributed by atoms with Crippen LogP contribution in [-0.2, 0) is 0 Å². The van der Waals surface area contributed by atoms with Gasteiger partial charge in [0.25, 0.3) is 11.8 Å². The zero-order chi connectivity index (χ0) is 18.9. The molecule has 0 aliphatic carbocycles. The number of nitrogens with zero attached hydrogens (tertiary/aromatic N) is 1. The Balaban J connectivity index is 1.78. The van der Waals surface area contributed by atoms with Gasteiger partial charge >= 0.3 is 0 Å². The van der Waals surface area contributed by atoms with Gasteiger partial charge in [-0.25, -0.2) is 0 Å². The number of hydrogen-bond donors (Lipinski definition) is 2. The van der Waals surface area contributed by atoms with Gasteiger partial charge in [0.05, 0.1) is 6.26 Å². The Morgan fingerprint density at radius 1 is 1.31 bits per heavy atom. The molecular formula is C20H25N3O3. The standard InChI is InChI=1S/C20H25N3O3/c1-13-6-7-14(11-15(13)22-18(24)16-5-4-10-26-16)19(25)23-9-8-17(21)20(2,3)12-23/h4-7,10-11,17H,8-9,12,21H2,1-3H3,(H,22,24). The number of nitrogens with one attached hydrogen (secondary N) is 1. The summed E-state index contributed by atoms with van der Waals surface area (Å²) >= 11 is 0. The van der Waals surface area contributed by atoms with Crippen molar-refractivity contribution in [1.82, 2.24) is 4.90 Å². The van der Waals surface area contributed by atoms with Crippen LogP contribution < -0.4 is 11.1 Å². The molecule has 3 rings (SSSR count). The molecule has 1 aliphatic heterocycles. The Hall–Kier alpha value is -2.60. The third kappa shape index (κ3) is 3.65. The van der Waals surface area contributed by atoms with Gasteiger partial charge in [-0.15, -0.1) is 0 Å². The molecule has 2 heterocycles. The summed E-state index contributed by atoms with van der Waals surface area (Å²) in [6, 6.07) is 8.70.